The van der Waals surface area contributed by atoms with Gasteiger partial charge < -0.3 is 15.0 Å². The molecule has 1 N–H and O–H groups in total. The SMILES string of the molecule is CC(C)CCn1c(SC(C)C(=O)Nc2ccc(N3CCOCC3)cc2)nc2ccccc2c1=O. The first-order chi connectivity index (χ1) is 16.4. The van der Waals surface area contributed by atoms with E-state index in [1.165, 1.54) is 11.8 Å². The minimum atomic E-state index is -0.419. The van der Waals surface area contributed by atoms with Gasteiger partial charge in [-0.15, -0.1) is 0 Å². The highest BCUT2D eigenvalue weighted by Crippen LogP contribution is 2.25. The Balaban J connectivity index is 1.48. The zero-order valence-electron chi connectivity index (χ0n) is 20.0. The lowest BCUT2D eigenvalue weighted by Crippen LogP contribution is -2.36. The zero-order valence-corrected chi connectivity index (χ0v) is 20.8. The van der Waals surface area contributed by atoms with Gasteiger partial charge in [0.2, 0.25) is 5.91 Å². The van der Waals surface area contributed by atoms with Crippen molar-refractivity contribution in [2.45, 2.75) is 44.1 Å². The highest BCUT2D eigenvalue weighted by Gasteiger charge is 2.20. The number of rotatable bonds is 8. The number of amides is 1. The Kier molecular flexibility index (Phi) is 7.90. The number of carbonyl (C=O) groups excluding carboxylic acids is 1. The molecule has 1 aromatic heterocycles. The number of hydrogen-bond acceptors (Lipinski definition) is 6. The Morgan fingerprint density at radius 2 is 1.79 bits per heavy atom. The third-order valence-corrected chi connectivity index (χ3v) is 7.01. The number of nitrogens with one attached hydrogen (secondary N) is 1. The molecule has 2 aromatic carbocycles. The molecule has 180 valence electrons. The lowest BCUT2D eigenvalue weighted by Gasteiger charge is -2.29. The molecule has 3 aromatic rings. The maximum Gasteiger partial charge on any atom is 0.262 e. The van der Waals surface area contributed by atoms with Crippen molar-refractivity contribution in [3.05, 3.63) is 58.9 Å². The van der Waals surface area contributed by atoms with Crippen LogP contribution in [-0.4, -0.2) is 47.0 Å². The maximum atomic E-state index is 13.2. The number of morpholine rings is 1. The van der Waals surface area contributed by atoms with Crippen LogP contribution >= 0.6 is 11.8 Å². The third kappa shape index (κ3) is 5.80. The van der Waals surface area contributed by atoms with Crippen molar-refractivity contribution < 1.29 is 9.53 Å². The Bertz CT molecular complexity index is 1190. The predicted octanol–water partition coefficient (Wildman–Crippen LogP) is 4.40. The van der Waals surface area contributed by atoms with E-state index in [2.05, 4.69) is 24.1 Å². The van der Waals surface area contributed by atoms with Crippen LogP contribution in [0.3, 0.4) is 0 Å². The van der Waals surface area contributed by atoms with Crippen molar-refractivity contribution in [1.82, 2.24) is 9.55 Å². The fourth-order valence-electron chi connectivity index (χ4n) is 3.85. The van der Waals surface area contributed by atoms with Gasteiger partial charge in [0, 0.05) is 31.0 Å². The first-order valence-electron chi connectivity index (χ1n) is 11.8. The van der Waals surface area contributed by atoms with Crippen LogP contribution in [0.1, 0.15) is 27.2 Å². The number of thioether (sulfide) groups is 1. The molecule has 0 aliphatic carbocycles. The van der Waals surface area contributed by atoms with Crippen molar-refractivity contribution in [3.63, 3.8) is 0 Å². The molecule has 0 bridgehead atoms. The molecule has 1 unspecified atom stereocenters. The van der Waals surface area contributed by atoms with Gasteiger partial charge in [0.1, 0.15) is 0 Å². The average Bonchev–Trinajstić information content (AvgIpc) is 2.84. The monoisotopic (exact) mass is 480 g/mol. The molecule has 0 spiro atoms. The van der Waals surface area contributed by atoms with Crippen molar-refractivity contribution in [1.29, 1.82) is 0 Å². The van der Waals surface area contributed by atoms with Crippen molar-refractivity contribution >= 4 is 39.9 Å². The Morgan fingerprint density at radius 3 is 2.50 bits per heavy atom. The molecule has 8 heteroatoms. The van der Waals surface area contributed by atoms with Crippen LogP contribution in [0.2, 0.25) is 0 Å². The molecule has 1 aliphatic heterocycles. The van der Waals surface area contributed by atoms with E-state index in [0.717, 1.165) is 44.1 Å². The van der Waals surface area contributed by atoms with Crippen molar-refractivity contribution in [3.8, 4) is 0 Å². The summed E-state index contributed by atoms with van der Waals surface area (Å²) in [4.78, 5) is 33.1. The molecule has 1 atom stereocenters. The molecule has 1 saturated heterocycles. The summed E-state index contributed by atoms with van der Waals surface area (Å²) in [6.45, 7) is 9.90. The second-order valence-electron chi connectivity index (χ2n) is 8.95. The van der Waals surface area contributed by atoms with Crippen molar-refractivity contribution in [2.75, 3.05) is 36.5 Å². The van der Waals surface area contributed by atoms with Crippen LogP contribution in [0.15, 0.2) is 58.5 Å². The van der Waals surface area contributed by atoms with Gasteiger partial charge in [-0.3, -0.25) is 14.2 Å². The van der Waals surface area contributed by atoms with E-state index in [1.54, 1.807) is 4.57 Å². The summed E-state index contributed by atoms with van der Waals surface area (Å²) in [5.74, 6) is 0.333. The molecule has 4 rings (SSSR count). The Labute approximate surface area is 204 Å². The fraction of sp³-hybridized carbons (Fsp3) is 0.423. The third-order valence-electron chi connectivity index (χ3n) is 5.92. The first-order valence-corrected chi connectivity index (χ1v) is 12.7. The molecular formula is C26H32N4O3S. The molecule has 1 aliphatic rings. The number of benzene rings is 2. The first kappa shape index (κ1) is 24.3. The van der Waals surface area contributed by atoms with Gasteiger partial charge in [-0.25, -0.2) is 4.98 Å². The van der Waals surface area contributed by atoms with Gasteiger partial charge in [0.05, 0.1) is 29.4 Å². The van der Waals surface area contributed by atoms with E-state index < -0.39 is 5.25 Å². The Hall–Kier alpha value is -2.84. The van der Waals surface area contributed by atoms with Crippen LogP contribution < -0.4 is 15.8 Å². The summed E-state index contributed by atoms with van der Waals surface area (Å²) >= 11 is 1.32. The molecule has 2 heterocycles. The van der Waals surface area contributed by atoms with E-state index in [-0.39, 0.29) is 11.5 Å². The van der Waals surface area contributed by atoms with E-state index in [4.69, 9.17) is 9.72 Å². The largest absolute Gasteiger partial charge is 0.378 e. The fourth-order valence-corrected chi connectivity index (χ4v) is 4.79. The second-order valence-corrected chi connectivity index (χ2v) is 10.3. The number of nitrogens with zero attached hydrogens (tertiary/aromatic N) is 3. The minimum absolute atomic E-state index is 0.0555. The van der Waals surface area contributed by atoms with Crippen LogP contribution in [-0.2, 0) is 16.1 Å². The highest BCUT2D eigenvalue weighted by atomic mass is 32.2. The predicted molar refractivity (Wildman–Crippen MR) is 139 cm³/mol. The number of carbonyl (C=O) groups is 1. The maximum absolute atomic E-state index is 13.2. The summed E-state index contributed by atoms with van der Waals surface area (Å²) in [5, 5.41) is 3.76. The molecule has 7 nitrogen and oxygen atoms in total. The molecule has 0 radical (unpaired) electrons. The lowest BCUT2D eigenvalue weighted by molar-refractivity contribution is -0.115. The smallest absolute Gasteiger partial charge is 0.262 e. The number of fused-ring (bicyclic) bond motifs is 1. The van der Waals surface area contributed by atoms with Crippen LogP contribution in [0.25, 0.3) is 10.9 Å². The standard InChI is InChI=1S/C26H32N4O3S/c1-18(2)12-13-30-25(32)22-6-4-5-7-23(22)28-26(30)34-19(3)24(31)27-20-8-10-21(11-9-20)29-14-16-33-17-15-29/h4-11,18-19H,12-17H2,1-3H3,(H,27,31). The molecule has 1 fully saturated rings. The average molecular weight is 481 g/mol. The highest BCUT2D eigenvalue weighted by molar-refractivity contribution is 8.00. The number of anilines is 2. The van der Waals surface area contributed by atoms with Crippen LogP contribution in [0.4, 0.5) is 11.4 Å². The topological polar surface area (TPSA) is 76.5 Å². The van der Waals surface area contributed by atoms with Gasteiger partial charge in [0.15, 0.2) is 5.16 Å². The molecule has 0 saturated carbocycles. The quantitative estimate of drug-likeness (QED) is 0.380. The molecule has 1 amide bonds. The summed E-state index contributed by atoms with van der Waals surface area (Å²) in [5.41, 5.74) is 2.47. The zero-order chi connectivity index (χ0) is 24.1. The lowest BCUT2D eigenvalue weighted by atomic mass is 10.1. The number of para-hydroxylation sites is 1. The van der Waals surface area contributed by atoms with Gasteiger partial charge in [-0.05, 0) is 55.7 Å². The summed E-state index contributed by atoms with van der Waals surface area (Å²) in [6, 6.07) is 15.3. The summed E-state index contributed by atoms with van der Waals surface area (Å²) < 4.78 is 7.13. The van der Waals surface area contributed by atoms with E-state index >= 15 is 0 Å². The normalized spacial score (nSPS) is 15.0. The minimum Gasteiger partial charge on any atom is -0.378 e. The number of hydrogen-bond donors (Lipinski definition) is 1. The Morgan fingerprint density at radius 1 is 1.09 bits per heavy atom. The number of aromatic nitrogens is 2. The molecule has 34 heavy (non-hydrogen) atoms. The van der Waals surface area contributed by atoms with Crippen molar-refractivity contribution in [2.24, 2.45) is 5.92 Å². The van der Waals surface area contributed by atoms with Gasteiger partial charge in [-0.1, -0.05) is 37.7 Å². The second kappa shape index (κ2) is 11.1. The van der Waals surface area contributed by atoms with Gasteiger partial charge >= 0.3 is 0 Å². The van der Waals surface area contributed by atoms with Crippen LogP contribution in [0, 0.1) is 5.92 Å². The van der Waals surface area contributed by atoms with E-state index in [1.807, 2.05) is 55.5 Å². The van der Waals surface area contributed by atoms with Gasteiger partial charge in [-0.2, -0.15) is 0 Å². The summed E-state index contributed by atoms with van der Waals surface area (Å²) in [7, 11) is 0. The van der Waals surface area contributed by atoms with E-state index in [0.29, 0.717) is 28.5 Å². The number of ether oxygens (including phenoxy) is 1. The van der Waals surface area contributed by atoms with E-state index in [9.17, 15) is 9.59 Å². The van der Waals surface area contributed by atoms with Gasteiger partial charge in [0.25, 0.3) is 5.56 Å². The summed E-state index contributed by atoms with van der Waals surface area (Å²) in [6.07, 6.45) is 0.865. The van der Waals surface area contributed by atoms with Crippen LogP contribution in [0.5, 0.6) is 0 Å². The molecular weight excluding hydrogens is 448 g/mol.